The van der Waals surface area contributed by atoms with Crippen molar-refractivity contribution in [2.45, 2.75) is 25.2 Å². The van der Waals surface area contributed by atoms with Gasteiger partial charge in [0.05, 0.1) is 13.2 Å². The first kappa shape index (κ1) is 15.7. The molecular weight excluding hydrogens is 336 g/mol. The zero-order valence-corrected chi connectivity index (χ0v) is 13.9. The molecule has 0 aliphatic carbocycles. The minimum absolute atomic E-state index is 0.0779. The van der Waals surface area contributed by atoms with E-state index in [4.69, 9.17) is 0 Å². The normalized spacial score (nSPS) is 11.8. The second-order valence-electron chi connectivity index (χ2n) is 4.97. The Morgan fingerprint density at radius 3 is 2.25 bits per heavy atom. The van der Waals surface area contributed by atoms with Crippen LogP contribution in [0.25, 0.3) is 0 Å². The van der Waals surface area contributed by atoms with E-state index >= 15 is 0 Å². The molecule has 108 valence electrons. The van der Waals surface area contributed by atoms with E-state index in [1.165, 1.54) is 9.75 Å². The summed E-state index contributed by atoms with van der Waals surface area (Å²) in [4.78, 5) is 2.53. The van der Waals surface area contributed by atoms with Gasteiger partial charge in [0.15, 0.2) is 0 Å². The van der Waals surface area contributed by atoms with Gasteiger partial charge in [-0.15, -0.1) is 11.3 Å². The van der Waals surface area contributed by atoms with Gasteiger partial charge in [0.2, 0.25) is 0 Å². The molecule has 1 aromatic carbocycles. The Morgan fingerprint density at radius 1 is 1.05 bits per heavy atom. The van der Waals surface area contributed by atoms with E-state index in [0.29, 0.717) is 6.42 Å². The number of hydrogen-bond donors (Lipinski definition) is 2. The zero-order chi connectivity index (χ0) is 14.6. The summed E-state index contributed by atoms with van der Waals surface area (Å²) in [7, 11) is 0. The smallest absolute Gasteiger partial charge is 0.0554 e. The topological polar surface area (TPSA) is 40.5 Å². The molecule has 0 spiro atoms. The largest absolute Gasteiger partial charge is 0.395 e. The number of aryl methyl sites for hydroxylation is 1. The molecule has 0 saturated heterocycles. The molecule has 0 amide bonds. The molecule has 0 aliphatic rings. The maximum atomic E-state index is 9.90. The first-order valence-electron chi connectivity index (χ1n) is 6.69. The predicted molar refractivity (Wildman–Crippen MR) is 87.4 cm³/mol. The van der Waals surface area contributed by atoms with Crippen molar-refractivity contribution in [3.8, 4) is 0 Å². The van der Waals surface area contributed by atoms with Gasteiger partial charge in [0.1, 0.15) is 0 Å². The number of halogens is 1. The Kier molecular flexibility index (Phi) is 5.38. The van der Waals surface area contributed by atoms with Crippen LogP contribution < -0.4 is 0 Å². The minimum Gasteiger partial charge on any atom is -0.395 e. The van der Waals surface area contributed by atoms with Gasteiger partial charge in [-0.3, -0.25) is 0 Å². The fraction of sp³-hybridized carbons (Fsp3) is 0.375. The summed E-state index contributed by atoms with van der Waals surface area (Å²) in [5.41, 5.74) is 0.312. The van der Waals surface area contributed by atoms with Crippen LogP contribution >= 0.6 is 27.3 Å². The molecule has 2 aromatic rings. The van der Waals surface area contributed by atoms with Gasteiger partial charge in [-0.1, -0.05) is 41.1 Å². The average Bonchev–Trinajstić information content (AvgIpc) is 2.93. The minimum atomic E-state index is -0.643. The number of rotatable bonds is 6. The molecule has 0 aliphatic heterocycles. The van der Waals surface area contributed by atoms with Gasteiger partial charge in [0, 0.05) is 19.6 Å². The molecule has 0 saturated carbocycles. The molecule has 0 radical (unpaired) electrons. The molecule has 0 fully saturated rings. The van der Waals surface area contributed by atoms with E-state index in [-0.39, 0.29) is 13.2 Å². The molecule has 2 rings (SSSR count). The fourth-order valence-electron chi connectivity index (χ4n) is 2.36. The lowest BCUT2D eigenvalue weighted by molar-refractivity contribution is 0.116. The van der Waals surface area contributed by atoms with Gasteiger partial charge >= 0.3 is 0 Å². The van der Waals surface area contributed by atoms with Crippen LogP contribution in [0, 0.1) is 0 Å². The highest BCUT2D eigenvalue weighted by Crippen LogP contribution is 2.35. The Hall–Kier alpha value is -0.680. The highest BCUT2D eigenvalue weighted by Gasteiger charge is 2.33. The Balaban J connectivity index is 2.37. The number of thiophene rings is 1. The molecular formula is C16H19BrO2S. The molecule has 1 heterocycles. The van der Waals surface area contributed by atoms with Crippen molar-refractivity contribution >= 4 is 27.3 Å². The van der Waals surface area contributed by atoms with E-state index in [1.807, 2.05) is 24.3 Å². The van der Waals surface area contributed by atoms with Crippen molar-refractivity contribution in [1.82, 2.24) is 0 Å². The predicted octanol–water partition coefficient (Wildman–Crippen LogP) is 3.54. The summed E-state index contributed by atoms with van der Waals surface area (Å²) in [6.45, 7) is 1.98. The first-order valence-corrected chi connectivity index (χ1v) is 8.30. The van der Waals surface area contributed by atoms with Crippen LogP contribution in [0.5, 0.6) is 0 Å². The average molecular weight is 355 g/mol. The molecule has 1 aromatic heterocycles. The summed E-state index contributed by atoms with van der Waals surface area (Å²) < 4.78 is 0.926. The van der Waals surface area contributed by atoms with Crippen molar-refractivity contribution in [1.29, 1.82) is 0 Å². The third kappa shape index (κ3) is 3.14. The Labute approximate surface area is 132 Å². The van der Waals surface area contributed by atoms with Crippen molar-refractivity contribution < 1.29 is 10.2 Å². The monoisotopic (exact) mass is 354 g/mol. The molecule has 0 atom stereocenters. The van der Waals surface area contributed by atoms with Crippen LogP contribution in [0.4, 0.5) is 0 Å². The van der Waals surface area contributed by atoms with Crippen LogP contribution in [0.15, 0.2) is 40.9 Å². The Morgan fingerprint density at radius 2 is 1.70 bits per heavy atom. The van der Waals surface area contributed by atoms with Crippen molar-refractivity contribution in [2.75, 3.05) is 13.2 Å². The van der Waals surface area contributed by atoms with E-state index in [0.717, 1.165) is 16.5 Å². The standard InChI is InChI=1S/C16H19BrO2S/c1-2-12-7-8-13(20-12)9-16(10-18,11-19)14-5-3-4-6-15(14)17/h3-8,18-19H,2,9-11H2,1H3. The molecule has 2 N–H and O–H groups in total. The van der Waals surface area contributed by atoms with Crippen LogP contribution in [-0.2, 0) is 18.3 Å². The van der Waals surface area contributed by atoms with Crippen LogP contribution in [0.1, 0.15) is 22.2 Å². The summed E-state index contributed by atoms with van der Waals surface area (Å²) in [6, 6.07) is 12.0. The maximum absolute atomic E-state index is 9.90. The van der Waals surface area contributed by atoms with E-state index in [2.05, 4.69) is 35.0 Å². The van der Waals surface area contributed by atoms with Gasteiger partial charge < -0.3 is 10.2 Å². The van der Waals surface area contributed by atoms with Crippen LogP contribution in [-0.4, -0.2) is 23.4 Å². The van der Waals surface area contributed by atoms with Crippen molar-refractivity contribution in [3.63, 3.8) is 0 Å². The number of benzene rings is 1. The maximum Gasteiger partial charge on any atom is 0.0554 e. The summed E-state index contributed by atoms with van der Waals surface area (Å²) in [6.07, 6.45) is 1.66. The van der Waals surface area contributed by atoms with E-state index in [1.54, 1.807) is 11.3 Å². The quantitative estimate of drug-likeness (QED) is 0.832. The highest BCUT2D eigenvalue weighted by molar-refractivity contribution is 9.10. The lowest BCUT2D eigenvalue weighted by atomic mass is 9.78. The molecule has 4 heteroatoms. The summed E-state index contributed by atoms with van der Waals surface area (Å²) in [5.74, 6) is 0. The van der Waals surface area contributed by atoms with Crippen LogP contribution in [0.3, 0.4) is 0 Å². The van der Waals surface area contributed by atoms with Gasteiger partial charge in [-0.05, 0) is 36.6 Å². The second-order valence-corrected chi connectivity index (χ2v) is 7.08. The number of aliphatic hydroxyl groups is 2. The van der Waals surface area contributed by atoms with Gasteiger partial charge in [0.25, 0.3) is 0 Å². The third-order valence-corrected chi connectivity index (χ3v) is 5.55. The highest BCUT2D eigenvalue weighted by atomic mass is 79.9. The van der Waals surface area contributed by atoms with Crippen molar-refractivity contribution in [3.05, 3.63) is 56.2 Å². The molecule has 0 bridgehead atoms. The van der Waals surface area contributed by atoms with E-state index < -0.39 is 5.41 Å². The van der Waals surface area contributed by atoms with Gasteiger partial charge in [-0.2, -0.15) is 0 Å². The number of aliphatic hydroxyl groups excluding tert-OH is 2. The SMILES string of the molecule is CCc1ccc(CC(CO)(CO)c2ccccc2Br)s1. The van der Waals surface area contributed by atoms with E-state index in [9.17, 15) is 10.2 Å². The lowest BCUT2D eigenvalue weighted by Crippen LogP contribution is -2.37. The summed E-state index contributed by atoms with van der Waals surface area (Å²) >= 11 is 5.28. The lowest BCUT2D eigenvalue weighted by Gasteiger charge is -2.31. The summed E-state index contributed by atoms with van der Waals surface area (Å²) in [5, 5.41) is 19.8. The fourth-order valence-corrected chi connectivity index (χ4v) is 4.17. The molecule has 0 unspecified atom stereocenters. The Bertz CT molecular complexity index is 561. The third-order valence-electron chi connectivity index (χ3n) is 3.63. The molecule has 20 heavy (non-hydrogen) atoms. The van der Waals surface area contributed by atoms with Crippen LogP contribution in [0.2, 0.25) is 0 Å². The van der Waals surface area contributed by atoms with Crippen molar-refractivity contribution in [2.24, 2.45) is 0 Å². The number of hydrogen-bond acceptors (Lipinski definition) is 3. The zero-order valence-electron chi connectivity index (χ0n) is 11.5. The molecule has 2 nitrogen and oxygen atoms in total. The first-order chi connectivity index (χ1) is 9.65. The van der Waals surface area contributed by atoms with Gasteiger partial charge in [-0.25, -0.2) is 0 Å². The second kappa shape index (κ2) is 6.85.